The third-order valence-corrected chi connectivity index (χ3v) is 19.2. The molecule has 0 heterocycles. The topological polar surface area (TPSA) is 17.1 Å². The maximum atomic E-state index is 14.7. The fourth-order valence-electron chi connectivity index (χ4n) is 7.48. The molecule has 49 heavy (non-hydrogen) atoms. The lowest BCUT2D eigenvalue weighted by atomic mass is 10.1. The first kappa shape index (κ1) is 32.6. The zero-order chi connectivity index (χ0) is 33.4. The highest BCUT2D eigenvalue weighted by atomic mass is 31.2. The van der Waals surface area contributed by atoms with E-state index in [2.05, 4.69) is 182 Å². The average Bonchev–Trinajstić information content (AvgIpc) is 3.20. The molecule has 0 aliphatic rings. The first-order chi connectivity index (χ1) is 24.2. The van der Waals surface area contributed by atoms with Gasteiger partial charge in [0.25, 0.3) is 0 Å². The van der Waals surface area contributed by atoms with Crippen LogP contribution in [0.15, 0.2) is 212 Å². The second kappa shape index (κ2) is 15.1. The predicted octanol–water partition coefficient (Wildman–Crippen LogP) is 8.62. The molecule has 0 saturated carbocycles. The van der Waals surface area contributed by atoms with Crippen molar-refractivity contribution in [2.45, 2.75) is 12.1 Å². The summed E-state index contributed by atoms with van der Waals surface area (Å²) in [4.78, 5) is 14.7. The predicted molar refractivity (Wildman–Crippen MR) is 214 cm³/mol. The number of benzene rings is 7. The Morgan fingerprint density at radius 3 is 0.939 bits per heavy atom. The van der Waals surface area contributed by atoms with Crippen molar-refractivity contribution in [2.75, 3.05) is 6.16 Å². The van der Waals surface area contributed by atoms with Gasteiger partial charge in [0.05, 0.1) is 6.42 Å². The summed E-state index contributed by atoms with van der Waals surface area (Å²) in [5.41, 5.74) is 0.740. The number of rotatable bonds is 12. The lowest BCUT2D eigenvalue weighted by Gasteiger charge is -2.38. The van der Waals surface area contributed by atoms with Gasteiger partial charge in [-0.1, -0.05) is 140 Å². The number of hydrogen-bond acceptors (Lipinski definition) is 1. The van der Waals surface area contributed by atoms with Gasteiger partial charge in [-0.15, -0.1) is 0 Å². The molecule has 0 N–H and O–H groups in total. The van der Waals surface area contributed by atoms with Crippen molar-refractivity contribution >= 4 is 52.1 Å². The molecule has 0 radical (unpaired) electrons. The molecule has 0 aromatic heterocycles. The van der Waals surface area contributed by atoms with E-state index in [1.54, 1.807) is 0 Å². The van der Waals surface area contributed by atoms with Crippen molar-refractivity contribution in [2.24, 2.45) is 0 Å². The Morgan fingerprint density at radius 2 is 0.633 bits per heavy atom. The van der Waals surface area contributed by atoms with Gasteiger partial charge in [0.1, 0.15) is 58.2 Å². The van der Waals surface area contributed by atoms with Crippen LogP contribution in [-0.4, -0.2) is 17.6 Å². The Morgan fingerprint density at radius 1 is 0.367 bits per heavy atom. The Labute approximate surface area is 292 Å². The summed E-state index contributed by atoms with van der Waals surface area (Å²) in [5.74, 6) is 0.185. The molecule has 0 aliphatic carbocycles. The minimum atomic E-state index is -2.49. The van der Waals surface area contributed by atoms with E-state index in [0.717, 1.165) is 11.7 Å². The summed E-state index contributed by atoms with van der Waals surface area (Å²) in [6.07, 6.45) is 1.25. The summed E-state index contributed by atoms with van der Waals surface area (Å²) in [6.45, 7) is 0. The molecule has 0 saturated heterocycles. The van der Waals surface area contributed by atoms with Crippen molar-refractivity contribution < 1.29 is 4.79 Å². The summed E-state index contributed by atoms with van der Waals surface area (Å²) >= 11 is 0. The maximum absolute atomic E-state index is 14.7. The van der Waals surface area contributed by atoms with E-state index >= 15 is 0 Å². The fourth-order valence-corrected chi connectivity index (χ4v) is 18.0. The van der Waals surface area contributed by atoms with Crippen LogP contribution in [0.3, 0.4) is 0 Å². The van der Waals surface area contributed by atoms with E-state index in [1.165, 1.54) is 31.8 Å². The van der Waals surface area contributed by atoms with Crippen molar-refractivity contribution in [3.8, 4) is 0 Å². The highest BCUT2D eigenvalue weighted by Gasteiger charge is 2.59. The number of carbonyl (C=O) groups is 1. The van der Waals surface area contributed by atoms with Gasteiger partial charge >= 0.3 is 0 Å². The molecule has 0 fully saturated rings. The molecule has 0 aliphatic heterocycles. The smallest absolute Gasteiger partial charge is 0.166 e. The highest BCUT2D eigenvalue weighted by molar-refractivity contribution is 7.99. The van der Waals surface area contributed by atoms with Crippen molar-refractivity contribution in [1.29, 1.82) is 0 Å². The van der Waals surface area contributed by atoms with E-state index in [0.29, 0.717) is 6.42 Å². The first-order valence-electron chi connectivity index (χ1n) is 16.9. The van der Waals surface area contributed by atoms with Crippen molar-refractivity contribution in [3.63, 3.8) is 0 Å². The van der Waals surface area contributed by atoms with E-state index in [4.69, 9.17) is 0 Å². The van der Waals surface area contributed by atoms with E-state index < -0.39 is 14.5 Å². The molecule has 7 aromatic carbocycles. The number of carbonyl (C=O) groups excluding carboxylic acids is 1. The number of Topliss-reactive ketones (excluding diaryl/α,β-unsaturated/α-hetero) is 1. The molecule has 1 unspecified atom stereocenters. The third kappa shape index (κ3) is 6.46. The monoisotopic (exact) mass is 670 g/mol. The quantitative estimate of drug-likeness (QED) is 0.0940. The minimum Gasteiger partial charge on any atom is -0.294 e. The summed E-state index contributed by atoms with van der Waals surface area (Å²) < 4.78 is 0. The summed E-state index contributed by atoms with van der Waals surface area (Å²) in [5, 5.41) is 7.88. The van der Waals surface area contributed by atoms with Crippen LogP contribution < -0.4 is 31.8 Å². The molecule has 1 nitrogen and oxygen atoms in total. The molecule has 7 rings (SSSR count). The molecular formula is C46H40OP2+2. The van der Waals surface area contributed by atoms with E-state index in [1.807, 2.05) is 30.3 Å². The maximum Gasteiger partial charge on any atom is 0.166 e. The van der Waals surface area contributed by atoms with Crippen LogP contribution in [0.2, 0.25) is 0 Å². The third-order valence-electron chi connectivity index (χ3n) is 9.63. The van der Waals surface area contributed by atoms with Gasteiger partial charge in [0.2, 0.25) is 0 Å². The van der Waals surface area contributed by atoms with Crippen molar-refractivity contribution in [3.05, 3.63) is 218 Å². The second-order valence-corrected chi connectivity index (χ2v) is 19.6. The van der Waals surface area contributed by atoms with Gasteiger partial charge in [0, 0.05) is 5.56 Å². The lowest BCUT2D eigenvalue weighted by Crippen LogP contribution is -2.45. The molecule has 238 valence electrons. The molecule has 0 amide bonds. The summed E-state index contributed by atoms with van der Waals surface area (Å²) in [6, 6.07) is 76.3. The van der Waals surface area contributed by atoms with Crippen LogP contribution in [0.5, 0.6) is 0 Å². The molecule has 7 aromatic rings. The molecule has 1 atom stereocenters. The number of ketones is 1. The zero-order valence-electron chi connectivity index (χ0n) is 27.5. The van der Waals surface area contributed by atoms with Gasteiger partial charge in [-0.05, 0) is 72.8 Å². The Balaban J connectivity index is 1.59. The fraction of sp³-hybridized carbons (Fsp3) is 0.0652. The van der Waals surface area contributed by atoms with Crippen molar-refractivity contribution in [1.82, 2.24) is 0 Å². The van der Waals surface area contributed by atoms with E-state index in [-0.39, 0.29) is 11.4 Å². The van der Waals surface area contributed by atoms with E-state index in [9.17, 15) is 4.79 Å². The largest absolute Gasteiger partial charge is 0.294 e. The van der Waals surface area contributed by atoms with Crippen LogP contribution >= 0.6 is 14.5 Å². The minimum absolute atomic E-state index is 0.0265. The number of hydrogen-bond donors (Lipinski definition) is 0. The standard InChI is InChI=1S/C46H40OP2/c47-46(38-22-8-1-9-23-38)36-45(49(42-30-16-5-17-31-42,43-32-18-6-19-33-43)44-34-20-7-21-35-44)37-48(39-24-10-2-11-25-39,40-26-12-3-13-27-40)41-28-14-4-15-29-41/h1-35,45H,36-37H2/q+2. The molecule has 0 spiro atoms. The van der Waals surface area contributed by atoms with Crippen LogP contribution in [0.4, 0.5) is 0 Å². The summed E-state index contributed by atoms with van der Waals surface area (Å²) in [7, 11) is -4.83. The van der Waals surface area contributed by atoms with Gasteiger partial charge in [-0.25, -0.2) is 0 Å². The van der Waals surface area contributed by atoms with Gasteiger partial charge < -0.3 is 0 Å². The van der Waals surface area contributed by atoms with Crippen LogP contribution in [0.1, 0.15) is 16.8 Å². The van der Waals surface area contributed by atoms with Crippen LogP contribution in [-0.2, 0) is 0 Å². The Kier molecular flexibility index (Phi) is 10.0. The van der Waals surface area contributed by atoms with Crippen LogP contribution in [0.25, 0.3) is 0 Å². The van der Waals surface area contributed by atoms with Crippen LogP contribution in [0, 0.1) is 0 Å². The average molecular weight is 671 g/mol. The molecular weight excluding hydrogens is 630 g/mol. The second-order valence-electron chi connectivity index (χ2n) is 12.4. The lowest BCUT2D eigenvalue weighted by molar-refractivity contribution is 0.0983. The normalized spacial score (nSPS) is 12.2. The molecule has 3 heteroatoms. The zero-order valence-corrected chi connectivity index (χ0v) is 29.3. The molecule has 0 bridgehead atoms. The Bertz CT molecular complexity index is 1860. The van der Waals surface area contributed by atoms with Gasteiger partial charge in [-0.2, -0.15) is 0 Å². The SMILES string of the molecule is O=C(CC(C[P+](c1ccccc1)(c1ccccc1)c1ccccc1)[P+](c1ccccc1)(c1ccccc1)c1ccccc1)c1ccccc1. The highest BCUT2D eigenvalue weighted by Crippen LogP contribution is 2.67. The van der Waals surface area contributed by atoms with Gasteiger partial charge in [-0.3, -0.25) is 4.79 Å². The Hall–Kier alpha value is -4.93. The van der Waals surface area contributed by atoms with Gasteiger partial charge in [0.15, 0.2) is 5.78 Å². The first-order valence-corrected chi connectivity index (χ1v) is 20.7.